The monoisotopic (exact) mass is 761 g/mol. The zero-order valence-corrected chi connectivity index (χ0v) is 29.3. The number of aliphatic hydroxyl groups is 2. The Morgan fingerprint density at radius 1 is 0.873 bits per heavy atom. The predicted octanol–water partition coefficient (Wildman–Crippen LogP) is 4.26. The zero-order chi connectivity index (χ0) is 39.2. The van der Waals surface area contributed by atoms with Gasteiger partial charge in [0.15, 0.2) is 23.7 Å². The number of esters is 2. The number of hydrogen-bond acceptors (Lipinski definition) is 17. The third kappa shape index (κ3) is 7.82. The molecular weight excluding hydrogens is 726 g/mol. The molecule has 55 heavy (non-hydrogen) atoms. The van der Waals surface area contributed by atoms with Crippen molar-refractivity contribution >= 4 is 35.0 Å². The van der Waals surface area contributed by atoms with E-state index in [2.05, 4.69) is 13.2 Å². The molecule has 17 heteroatoms. The fraction of sp³-hybridized carbons (Fsp3) is 0.342. The van der Waals surface area contributed by atoms with E-state index in [1.165, 1.54) is 19.1 Å². The van der Waals surface area contributed by atoms with E-state index < -0.39 is 74.6 Å². The molecule has 0 spiro atoms. The van der Waals surface area contributed by atoms with Crippen LogP contribution in [0.25, 0.3) is 21.9 Å². The molecule has 17 nitrogen and oxygen atoms in total. The van der Waals surface area contributed by atoms with Gasteiger partial charge < -0.3 is 57.6 Å². The molecule has 3 aliphatic heterocycles. The van der Waals surface area contributed by atoms with Gasteiger partial charge in [0.25, 0.3) is 0 Å². The predicted molar refractivity (Wildman–Crippen MR) is 184 cm³/mol. The first-order chi connectivity index (χ1) is 26.6. The highest BCUT2D eigenvalue weighted by Crippen LogP contribution is 2.48. The fourth-order valence-corrected chi connectivity index (χ4v) is 6.41. The summed E-state index contributed by atoms with van der Waals surface area (Å²) in [6.45, 7) is 6.67. The second-order valence-corrected chi connectivity index (χ2v) is 12.2. The van der Waals surface area contributed by atoms with Gasteiger partial charge in [-0.3, -0.25) is 4.79 Å². The lowest BCUT2D eigenvalue weighted by Gasteiger charge is -2.43. The van der Waals surface area contributed by atoms with Crippen LogP contribution in [0.1, 0.15) is 40.4 Å². The van der Waals surface area contributed by atoms with E-state index >= 15 is 0 Å². The molecule has 1 unspecified atom stereocenters. The summed E-state index contributed by atoms with van der Waals surface area (Å²) >= 11 is 0. The number of benzene rings is 3. The lowest BCUT2D eigenvalue weighted by molar-refractivity contribution is -0.275. The number of aliphatic hydroxyl groups excluding tert-OH is 2. The van der Waals surface area contributed by atoms with Crippen molar-refractivity contribution in [2.75, 3.05) is 20.0 Å². The van der Waals surface area contributed by atoms with Crippen molar-refractivity contribution in [2.24, 2.45) is 0 Å². The Balaban J connectivity index is 1.52. The Labute approximate surface area is 313 Å². The van der Waals surface area contributed by atoms with Crippen LogP contribution in [0.2, 0.25) is 0 Å². The van der Waals surface area contributed by atoms with Crippen LogP contribution in [0.4, 0.5) is 9.59 Å². The van der Waals surface area contributed by atoms with Gasteiger partial charge in [-0.15, -0.1) is 0 Å². The Kier molecular flexibility index (Phi) is 11.7. The van der Waals surface area contributed by atoms with E-state index in [0.29, 0.717) is 44.5 Å². The number of carbonyl (C=O) groups excluding carboxylic acids is 4. The Morgan fingerprint density at radius 3 is 2.18 bits per heavy atom. The highest BCUT2D eigenvalue weighted by molar-refractivity contribution is 6.13. The number of hydrogen-bond donors (Lipinski definition) is 2. The van der Waals surface area contributed by atoms with E-state index in [1.807, 2.05) is 0 Å². The maximum absolute atomic E-state index is 13.6. The van der Waals surface area contributed by atoms with Crippen molar-refractivity contribution < 1.29 is 76.8 Å². The highest BCUT2D eigenvalue weighted by atomic mass is 16.8. The van der Waals surface area contributed by atoms with Crippen LogP contribution < -0.4 is 14.2 Å². The fourth-order valence-electron chi connectivity index (χ4n) is 6.41. The summed E-state index contributed by atoms with van der Waals surface area (Å²) in [6, 6.07) is 9.91. The summed E-state index contributed by atoms with van der Waals surface area (Å²) < 4.78 is 56.0. The molecule has 0 aliphatic carbocycles. The number of ether oxygens (including phenoxy) is 10. The molecule has 3 aromatic carbocycles. The topological polar surface area (TPSA) is 225 Å². The van der Waals surface area contributed by atoms with Crippen LogP contribution in [0.3, 0.4) is 0 Å². The van der Waals surface area contributed by atoms with Crippen molar-refractivity contribution in [3.05, 3.63) is 77.9 Å². The zero-order valence-electron chi connectivity index (χ0n) is 29.3. The normalized spacial score (nSPS) is 20.7. The number of nitriles is 1. The summed E-state index contributed by atoms with van der Waals surface area (Å²) in [6.07, 6.45) is -8.45. The molecule has 1 fully saturated rings. The number of carbonyl (C=O) groups is 4. The molecule has 288 valence electrons. The van der Waals surface area contributed by atoms with Crippen molar-refractivity contribution in [1.29, 1.82) is 5.26 Å². The average Bonchev–Trinajstić information content (AvgIpc) is 3.81. The third-order valence-electron chi connectivity index (χ3n) is 8.79. The Hall–Kier alpha value is -6.35. The van der Waals surface area contributed by atoms with Crippen LogP contribution in [0.15, 0.2) is 55.6 Å². The van der Waals surface area contributed by atoms with Crippen molar-refractivity contribution in [1.82, 2.24) is 0 Å². The van der Waals surface area contributed by atoms with Gasteiger partial charge in [-0.25, -0.2) is 14.4 Å². The molecule has 0 bridgehead atoms. The van der Waals surface area contributed by atoms with Gasteiger partial charge in [0, 0.05) is 16.5 Å². The smallest absolute Gasteiger partial charge is 0.460 e. The van der Waals surface area contributed by atoms with Gasteiger partial charge in [-0.05, 0) is 53.3 Å². The van der Waals surface area contributed by atoms with Gasteiger partial charge in [-0.2, -0.15) is 5.26 Å². The first kappa shape index (κ1) is 38.4. The van der Waals surface area contributed by atoms with E-state index in [-0.39, 0.29) is 43.5 Å². The number of nitrogens with zero attached hydrogens (tertiary/aromatic N) is 1. The Morgan fingerprint density at radius 2 is 1.53 bits per heavy atom. The second-order valence-electron chi connectivity index (χ2n) is 12.2. The first-order valence-electron chi connectivity index (χ1n) is 16.8. The van der Waals surface area contributed by atoms with Gasteiger partial charge in [0.1, 0.15) is 38.1 Å². The minimum atomic E-state index is -1.76. The molecule has 3 aromatic rings. The second kappa shape index (κ2) is 16.8. The van der Waals surface area contributed by atoms with Crippen molar-refractivity contribution in [3.8, 4) is 34.4 Å². The molecule has 0 aromatic heterocycles. The van der Waals surface area contributed by atoms with Gasteiger partial charge in [0.2, 0.25) is 19.2 Å². The van der Waals surface area contributed by atoms with Crippen LogP contribution in [-0.2, 0) is 57.8 Å². The maximum atomic E-state index is 13.6. The molecule has 0 saturated carbocycles. The molecular formula is C38H35NO16. The van der Waals surface area contributed by atoms with E-state index in [0.717, 1.165) is 0 Å². The molecule has 0 radical (unpaired) electrons. The molecule has 0 amide bonds. The van der Waals surface area contributed by atoms with E-state index in [9.17, 15) is 34.7 Å². The Bertz CT molecular complexity index is 2070. The maximum Gasteiger partial charge on any atom is 0.509 e. The first-order valence-corrected chi connectivity index (χ1v) is 16.8. The van der Waals surface area contributed by atoms with E-state index in [1.54, 1.807) is 36.4 Å². The van der Waals surface area contributed by atoms with Crippen LogP contribution in [0, 0.1) is 11.3 Å². The average molecular weight is 762 g/mol. The molecule has 3 aliphatic rings. The van der Waals surface area contributed by atoms with Crippen molar-refractivity contribution in [3.63, 3.8) is 0 Å². The molecule has 3 heterocycles. The van der Waals surface area contributed by atoms with Crippen LogP contribution >= 0.6 is 0 Å². The minimum Gasteiger partial charge on any atom is -0.460 e. The van der Waals surface area contributed by atoms with Gasteiger partial charge in [-0.1, -0.05) is 31.4 Å². The van der Waals surface area contributed by atoms with Crippen LogP contribution in [0.5, 0.6) is 17.2 Å². The molecule has 1 saturated heterocycles. The number of cyclic esters (lactones) is 1. The lowest BCUT2D eigenvalue weighted by Crippen LogP contribution is -2.62. The number of rotatable bonds is 13. The summed E-state index contributed by atoms with van der Waals surface area (Å²) in [5, 5.41) is 30.5. The number of fused-ring (bicyclic) bond motifs is 3. The lowest BCUT2D eigenvalue weighted by atomic mass is 9.87. The van der Waals surface area contributed by atoms with E-state index in [4.69, 9.17) is 47.4 Å². The molecule has 6 rings (SSSR count). The van der Waals surface area contributed by atoms with Gasteiger partial charge >= 0.3 is 24.2 Å². The largest absolute Gasteiger partial charge is 0.509 e. The summed E-state index contributed by atoms with van der Waals surface area (Å²) in [5.41, 5.74) is 1.91. The van der Waals surface area contributed by atoms with Crippen LogP contribution in [-0.4, -0.2) is 85.2 Å². The van der Waals surface area contributed by atoms with Gasteiger partial charge in [0.05, 0.1) is 24.8 Å². The summed E-state index contributed by atoms with van der Waals surface area (Å²) in [4.78, 5) is 52.0. The molecule has 5 atom stereocenters. The highest BCUT2D eigenvalue weighted by Gasteiger charge is 2.53. The summed E-state index contributed by atoms with van der Waals surface area (Å²) in [5.74, 6) is -0.871. The SMILES string of the molecule is C=CCOC(=O)O[C@H]1[C@H](OC(=O)CC#N)[C@@H](OC(=O)OCC=C)C(Oc2c3c(c(-c4ccc5c(c4)OCO5)c4cc(CO)c(CO)cc24)C(=O)OC3)O[C@@H]1C. The quantitative estimate of drug-likeness (QED) is 0.141. The minimum absolute atomic E-state index is 0.000113. The summed E-state index contributed by atoms with van der Waals surface area (Å²) in [7, 11) is 0. The third-order valence-corrected chi connectivity index (χ3v) is 8.79. The standard InChI is InChI=1S/C38H35NO16/c1-4-10-46-37(44)54-31-19(3)51-36(34(55-38(45)47-11-5-2)33(31)52-28(42)8-9-39)53-32-24-13-22(16-41)21(15-40)12-23(24)29(30-25(32)17-48-35(30)43)20-6-7-26-27(14-20)50-18-49-26/h4-7,12-14,19,31,33-34,36,40-41H,1-2,8,10-11,15-18H2,3H3/t19-,31-,33+,34-,36?/m1/s1. The van der Waals surface area contributed by atoms with Crippen molar-refractivity contribution in [2.45, 2.75) is 63.9 Å². The molecule has 2 N–H and O–H groups in total.